The van der Waals surface area contributed by atoms with Crippen LogP contribution in [-0.4, -0.2) is 29.4 Å². The SMILES string of the molecule is CC1CCC(N)C(C(=O)N2CC(C)CC2C)C1. The number of likely N-dealkylation sites (tertiary alicyclic amines) is 1. The van der Waals surface area contributed by atoms with E-state index < -0.39 is 0 Å². The van der Waals surface area contributed by atoms with E-state index in [1.807, 2.05) is 0 Å². The lowest BCUT2D eigenvalue weighted by atomic mass is 9.78. The Morgan fingerprint density at radius 3 is 2.41 bits per heavy atom. The van der Waals surface area contributed by atoms with Crippen molar-refractivity contribution in [3.8, 4) is 0 Å². The van der Waals surface area contributed by atoms with Gasteiger partial charge in [-0.1, -0.05) is 13.8 Å². The molecule has 1 heterocycles. The van der Waals surface area contributed by atoms with Crippen LogP contribution < -0.4 is 5.73 Å². The molecule has 2 fully saturated rings. The lowest BCUT2D eigenvalue weighted by Gasteiger charge is -2.35. The Hall–Kier alpha value is -0.570. The third-order valence-electron chi connectivity index (χ3n) is 4.55. The van der Waals surface area contributed by atoms with E-state index in [1.54, 1.807) is 0 Å². The predicted octanol–water partition coefficient (Wildman–Crippen LogP) is 2.01. The van der Waals surface area contributed by atoms with Crippen molar-refractivity contribution >= 4 is 5.91 Å². The minimum atomic E-state index is 0.0755. The highest BCUT2D eigenvalue weighted by atomic mass is 16.2. The van der Waals surface area contributed by atoms with Crippen molar-refractivity contribution in [2.75, 3.05) is 6.54 Å². The molecule has 0 aromatic heterocycles. The average Bonchev–Trinajstić information content (AvgIpc) is 2.60. The number of amides is 1. The Balaban J connectivity index is 2.03. The van der Waals surface area contributed by atoms with Gasteiger partial charge in [-0.05, 0) is 44.4 Å². The smallest absolute Gasteiger partial charge is 0.227 e. The zero-order valence-corrected chi connectivity index (χ0v) is 11.4. The fourth-order valence-corrected chi connectivity index (χ4v) is 3.51. The highest BCUT2D eigenvalue weighted by Crippen LogP contribution is 2.32. The predicted molar refractivity (Wildman–Crippen MR) is 69.4 cm³/mol. The van der Waals surface area contributed by atoms with Crippen LogP contribution in [0.25, 0.3) is 0 Å². The first-order valence-corrected chi connectivity index (χ1v) is 7.05. The summed E-state index contributed by atoms with van der Waals surface area (Å²) in [6.45, 7) is 7.56. The zero-order chi connectivity index (χ0) is 12.6. The van der Waals surface area contributed by atoms with E-state index in [2.05, 4.69) is 25.7 Å². The molecule has 0 radical (unpaired) electrons. The van der Waals surface area contributed by atoms with Crippen molar-refractivity contribution in [1.29, 1.82) is 0 Å². The Kier molecular flexibility index (Phi) is 3.76. The number of rotatable bonds is 1. The molecule has 0 aromatic carbocycles. The number of carbonyl (C=O) groups excluding carboxylic acids is 1. The Labute approximate surface area is 105 Å². The molecule has 3 heteroatoms. The molecular formula is C14H26N2O. The molecule has 2 aliphatic rings. The van der Waals surface area contributed by atoms with Gasteiger partial charge in [0.05, 0.1) is 5.92 Å². The van der Waals surface area contributed by atoms with Gasteiger partial charge in [0.15, 0.2) is 0 Å². The maximum atomic E-state index is 12.6. The number of nitrogens with two attached hydrogens (primary N) is 1. The van der Waals surface area contributed by atoms with Crippen LogP contribution in [0.3, 0.4) is 0 Å². The summed E-state index contributed by atoms with van der Waals surface area (Å²) in [5.74, 6) is 1.69. The summed E-state index contributed by atoms with van der Waals surface area (Å²) in [6, 6.07) is 0.490. The van der Waals surface area contributed by atoms with Gasteiger partial charge >= 0.3 is 0 Å². The van der Waals surface area contributed by atoms with E-state index >= 15 is 0 Å². The maximum absolute atomic E-state index is 12.6. The summed E-state index contributed by atoms with van der Waals surface area (Å²) < 4.78 is 0. The molecule has 1 saturated carbocycles. The van der Waals surface area contributed by atoms with Crippen molar-refractivity contribution in [3.63, 3.8) is 0 Å². The molecule has 1 amide bonds. The van der Waals surface area contributed by atoms with E-state index in [4.69, 9.17) is 5.73 Å². The van der Waals surface area contributed by atoms with Crippen LogP contribution in [0.15, 0.2) is 0 Å². The molecule has 0 aromatic rings. The van der Waals surface area contributed by atoms with Crippen molar-refractivity contribution in [2.45, 2.75) is 58.5 Å². The monoisotopic (exact) mass is 238 g/mol. The van der Waals surface area contributed by atoms with Crippen LogP contribution in [0, 0.1) is 17.8 Å². The Morgan fingerprint density at radius 2 is 1.82 bits per heavy atom. The third-order valence-corrected chi connectivity index (χ3v) is 4.55. The lowest BCUT2D eigenvalue weighted by Crippen LogP contribution is -2.48. The lowest BCUT2D eigenvalue weighted by molar-refractivity contribution is -0.138. The van der Waals surface area contributed by atoms with Gasteiger partial charge < -0.3 is 10.6 Å². The highest BCUT2D eigenvalue weighted by molar-refractivity contribution is 5.80. The quantitative estimate of drug-likeness (QED) is 0.759. The molecule has 98 valence electrons. The molecule has 17 heavy (non-hydrogen) atoms. The summed E-state index contributed by atoms with van der Waals surface area (Å²) in [4.78, 5) is 14.6. The van der Waals surface area contributed by atoms with Crippen molar-refractivity contribution in [2.24, 2.45) is 23.5 Å². The number of hydrogen-bond acceptors (Lipinski definition) is 2. The van der Waals surface area contributed by atoms with Crippen molar-refractivity contribution in [3.05, 3.63) is 0 Å². The summed E-state index contributed by atoms with van der Waals surface area (Å²) in [7, 11) is 0. The van der Waals surface area contributed by atoms with E-state index in [-0.39, 0.29) is 12.0 Å². The second-order valence-electron chi connectivity index (χ2n) is 6.37. The Morgan fingerprint density at radius 1 is 1.12 bits per heavy atom. The summed E-state index contributed by atoms with van der Waals surface area (Å²) in [5, 5.41) is 0. The zero-order valence-electron chi connectivity index (χ0n) is 11.4. The fourth-order valence-electron chi connectivity index (χ4n) is 3.51. The summed E-state index contributed by atoms with van der Waals surface area (Å²) >= 11 is 0. The molecule has 0 spiro atoms. The van der Waals surface area contributed by atoms with Crippen molar-refractivity contribution < 1.29 is 4.79 Å². The van der Waals surface area contributed by atoms with Crippen LogP contribution in [0.5, 0.6) is 0 Å². The fraction of sp³-hybridized carbons (Fsp3) is 0.929. The summed E-state index contributed by atoms with van der Waals surface area (Å²) in [5.41, 5.74) is 6.14. The van der Waals surface area contributed by atoms with Gasteiger partial charge in [-0.25, -0.2) is 0 Å². The standard InChI is InChI=1S/C14H26N2O/c1-9-4-5-13(15)12(7-9)14(17)16-8-10(2)6-11(16)3/h9-13H,4-8,15H2,1-3H3. The molecule has 5 unspecified atom stereocenters. The first kappa shape index (κ1) is 12.9. The first-order chi connectivity index (χ1) is 7.99. The van der Waals surface area contributed by atoms with Crippen LogP contribution >= 0.6 is 0 Å². The number of carbonyl (C=O) groups is 1. The Bertz CT molecular complexity index is 292. The normalized spacial score (nSPS) is 42.8. The number of nitrogens with zero attached hydrogens (tertiary/aromatic N) is 1. The summed E-state index contributed by atoms with van der Waals surface area (Å²) in [6.07, 6.45) is 4.31. The van der Waals surface area contributed by atoms with Gasteiger partial charge in [-0.2, -0.15) is 0 Å². The van der Waals surface area contributed by atoms with Gasteiger partial charge in [0, 0.05) is 18.6 Å². The van der Waals surface area contributed by atoms with Crippen LogP contribution in [0.2, 0.25) is 0 Å². The van der Waals surface area contributed by atoms with E-state index in [1.165, 1.54) is 6.42 Å². The molecular weight excluding hydrogens is 212 g/mol. The minimum absolute atomic E-state index is 0.0755. The molecule has 1 saturated heterocycles. The second-order valence-corrected chi connectivity index (χ2v) is 6.37. The molecule has 1 aliphatic heterocycles. The van der Waals surface area contributed by atoms with Gasteiger partial charge in [-0.3, -0.25) is 4.79 Å². The minimum Gasteiger partial charge on any atom is -0.339 e. The molecule has 5 atom stereocenters. The molecule has 2 N–H and O–H groups in total. The average molecular weight is 238 g/mol. The van der Waals surface area contributed by atoms with Gasteiger partial charge in [-0.15, -0.1) is 0 Å². The first-order valence-electron chi connectivity index (χ1n) is 7.05. The van der Waals surface area contributed by atoms with Crippen molar-refractivity contribution in [1.82, 2.24) is 4.90 Å². The van der Waals surface area contributed by atoms with E-state index in [0.717, 1.165) is 25.8 Å². The third kappa shape index (κ3) is 2.65. The maximum Gasteiger partial charge on any atom is 0.227 e. The molecule has 2 rings (SSSR count). The van der Waals surface area contributed by atoms with Crippen LogP contribution in [-0.2, 0) is 4.79 Å². The van der Waals surface area contributed by atoms with Gasteiger partial charge in [0.2, 0.25) is 5.91 Å². The van der Waals surface area contributed by atoms with Crippen LogP contribution in [0.1, 0.15) is 46.5 Å². The second kappa shape index (κ2) is 4.97. The number of hydrogen-bond donors (Lipinski definition) is 1. The molecule has 0 bridgehead atoms. The molecule has 1 aliphatic carbocycles. The topological polar surface area (TPSA) is 46.3 Å². The van der Waals surface area contributed by atoms with Crippen LogP contribution in [0.4, 0.5) is 0 Å². The van der Waals surface area contributed by atoms with E-state index in [0.29, 0.717) is 23.8 Å². The highest BCUT2D eigenvalue weighted by Gasteiger charge is 2.38. The van der Waals surface area contributed by atoms with Gasteiger partial charge in [0.25, 0.3) is 0 Å². The van der Waals surface area contributed by atoms with E-state index in [9.17, 15) is 4.79 Å². The molecule has 3 nitrogen and oxygen atoms in total. The largest absolute Gasteiger partial charge is 0.339 e. The van der Waals surface area contributed by atoms with Gasteiger partial charge in [0.1, 0.15) is 0 Å².